The highest BCUT2D eigenvalue weighted by Crippen LogP contribution is 2.49. The fraction of sp³-hybridized carbons (Fsp3) is 0.400. The van der Waals surface area contributed by atoms with Gasteiger partial charge in [-0.05, 0) is 69.5 Å². The third-order valence-corrected chi connectivity index (χ3v) is 6.75. The molecule has 1 saturated heterocycles. The molecule has 4 N–H and O–H groups in total. The van der Waals surface area contributed by atoms with Gasteiger partial charge in [0.15, 0.2) is 0 Å². The molecule has 1 spiro atoms. The lowest BCUT2D eigenvalue weighted by Crippen LogP contribution is -2.53. The first-order valence-electron chi connectivity index (χ1n) is 11.1. The van der Waals surface area contributed by atoms with Gasteiger partial charge in [0.2, 0.25) is 11.8 Å². The molecule has 2 aromatic rings. The third-order valence-electron chi connectivity index (χ3n) is 6.75. The second kappa shape index (κ2) is 8.61. The first kappa shape index (κ1) is 22.9. The van der Waals surface area contributed by atoms with Crippen molar-refractivity contribution in [3.05, 3.63) is 58.7 Å². The molecule has 2 aliphatic rings. The van der Waals surface area contributed by atoms with E-state index in [0.717, 1.165) is 22.4 Å². The summed E-state index contributed by atoms with van der Waals surface area (Å²) in [5.41, 5.74) is 3.05. The van der Waals surface area contributed by atoms with E-state index in [-0.39, 0.29) is 18.4 Å². The number of aliphatic hydroxyl groups is 1. The fourth-order valence-corrected chi connectivity index (χ4v) is 4.77. The Balaban J connectivity index is 1.66. The predicted molar refractivity (Wildman–Crippen MR) is 124 cm³/mol. The zero-order valence-electron chi connectivity index (χ0n) is 19.2. The third kappa shape index (κ3) is 3.79. The number of amides is 2. The molecule has 0 radical (unpaired) electrons. The zero-order valence-corrected chi connectivity index (χ0v) is 19.2. The number of esters is 1. The highest BCUT2D eigenvalue weighted by molar-refractivity contribution is 6.11. The van der Waals surface area contributed by atoms with Crippen LogP contribution in [0, 0.1) is 19.8 Å². The topological polar surface area (TPSA) is 117 Å². The van der Waals surface area contributed by atoms with E-state index in [1.54, 1.807) is 38.1 Å². The van der Waals surface area contributed by atoms with E-state index in [4.69, 9.17) is 4.74 Å². The Morgan fingerprint density at radius 2 is 1.91 bits per heavy atom. The molecular weight excluding hydrogens is 422 g/mol. The monoisotopic (exact) mass is 451 g/mol. The van der Waals surface area contributed by atoms with Gasteiger partial charge in [-0.1, -0.05) is 12.1 Å². The number of ether oxygens (including phenoxy) is 1. The Hall–Kier alpha value is -3.23. The smallest absolute Gasteiger partial charge is 0.338 e. The van der Waals surface area contributed by atoms with E-state index in [1.807, 2.05) is 26.0 Å². The van der Waals surface area contributed by atoms with Crippen LogP contribution in [0.3, 0.4) is 0 Å². The van der Waals surface area contributed by atoms with Gasteiger partial charge in [-0.15, -0.1) is 0 Å². The summed E-state index contributed by atoms with van der Waals surface area (Å²) >= 11 is 0. The molecule has 0 aliphatic carbocycles. The van der Waals surface area contributed by atoms with Crippen molar-refractivity contribution >= 4 is 29.2 Å². The summed E-state index contributed by atoms with van der Waals surface area (Å²) in [4.78, 5) is 38.7. The molecule has 0 aromatic heterocycles. The maximum Gasteiger partial charge on any atom is 0.338 e. The molecule has 2 aromatic carbocycles. The molecule has 2 heterocycles. The van der Waals surface area contributed by atoms with Gasteiger partial charge in [-0.3, -0.25) is 14.9 Å². The Bertz CT molecular complexity index is 1110. The van der Waals surface area contributed by atoms with Crippen molar-refractivity contribution < 1.29 is 24.2 Å². The molecule has 4 atom stereocenters. The Labute approximate surface area is 192 Å². The van der Waals surface area contributed by atoms with Crippen LogP contribution in [0.5, 0.6) is 0 Å². The maximum atomic E-state index is 13.5. The van der Waals surface area contributed by atoms with Gasteiger partial charge >= 0.3 is 5.97 Å². The van der Waals surface area contributed by atoms with Crippen molar-refractivity contribution in [2.45, 2.75) is 51.8 Å². The SMILES string of the molecule is CCOC(=O)c1ccc(NC(=O)C2CC(C(C)O)NC23C(=O)Nc2c3ccc(C)c2C)cc1. The molecule has 33 heavy (non-hydrogen) atoms. The number of aliphatic hydroxyl groups excluding tert-OH is 1. The summed E-state index contributed by atoms with van der Waals surface area (Å²) in [6.07, 6.45) is -0.448. The van der Waals surface area contributed by atoms with Crippen LogP contribution in [-0.2, 0) is 19.9 Å². The molecule has 4 rings (SSSR count). The summed E-state index contributed by atoms with van der Waals surface area (Å²) in [6.45, 7) is 7.57. The number of aryl methyl sites for hydroxylation is 1. The number of benzene rings is 2. The van der Waals surface area contributed by atoms with Crippen LogP contribution in [0.1, 0.15) is 47.3 Å². The molecule has 1 fully saturated rings. The number of fused-ring (bicyclic) bond motifs is 2. The van der Waals surface area contributed by atoms with Crippen molar-refractivity contribution in [1.82, 2.24) is 5.32 Å². The molecule has 174 valence electrons. The second-order valence-corrected chi connectivity index (χ2v) is 8.76. The zero-order chi connectivity index (χ0) is 23.9. The van der Waals surface area contributed by atoms with Gasteiger partial charge in [0.05, 0.1) is 24.2 Å². The fourth-order valence-electron chi connectivity index (χ4n) is 4.77. The van der Waals surface area contributed by atoms with E-state index in [9.17, 15) is 19.5 Å². The highest BCUT2D eigenvalue weighted by atomic mass is 16.5. The minimum atomic E-state index is -1.27. The van der Waals surface area contributed by atoms with Crippen molar-refractivity contribution in [3.63, 3.8) is 0 Å². The van der Waals surface area contributed by atoms with Crippen LogP contribution in [0.4, 0.5) is 11.4 Å². The molecule has 8 nitrogen and oxygen atoms in total. The van der Waals surface area contributed by atoms with Crippen molar-refractivity contribution in [1.29, 1.82) is 0 Å². The molecule has 2 aliphatic heterocycles. The average Bonchev–Trinajstić information content (AvgIpc) is 3.32. The van der Waals surface area contributed by atoms with Gasteiger partial charge in [0, 0.05) is 23.0 Å². The molecule has 0 saturated carbocycles. The Morgan fingerprint density at radius 1 is 1.21 bits per heavy atom. The number of hydrogen-bond acceptors (Lipinski definition) is 6. The number of carbonyl (C=O) groups excluding carboxylic acids is 3. The summed E-state index contributed by atoms with van der Waals surface area (Å²) in [6, 6.07) is 9.81. The first-order valence-corrected chi connectivity index (χ1v) is 11.1. The standard InChI is InChI=1S/C25H29N3O5/c1-5-33-23(31)16-7-9-17(10-8-16)26-22(30)19-12-20(15(4)29)28-25(19)18-11-6-13(2)14(3)21(18)27-24(25)32/h6-11,15,19-20,28-29H,5,12H2,1-4H3,(H,26,30)(H,27,32). The molecule has 8 heteroatoms. The average molecular weight is 452 g/mol. The van der Waals surface area contributed by atoms with Gasteiger partial charge in [-0.2, -0.15) is 0 Å². The molecule has 2 amide bonds. The number of carbonyl (C=O) groups is 3. The number of anilines is 2. The lowest BCUT2D eigenvalue weighted by atomic mass is 9.78. The summed E-state index contributed by atoms with van der Waals surface area (Å²) < 4.78 is 4.99. The Morgan fingerprint density at radius 3 is 2.55 bits per heavy atom. The summed E-state index contributed by atoms with van der Waals surface area (Å²) in [5, 5.41) is 19.4. The quantitative estimate of drug-likeness (QED) is 0.520. The van der Waals surface area contributed by atoms with E-state index < -0.39 is 29.6 Å². The van der Waals surface area contributed by atoms with Crippen LogP contribution >= 0.6 is 0 Å². The first-order chi connectivity index (χ1) is 15.7. The Kier molecular flexibility index (Phi) is 5.99. The van der Waals surface area contributed by atoms with E-state index in [2.05, 4.69) is 16.0 Å². The van der Waals surface area contributed by atoms with Crippen molar-refractivity contribution in [2.24, 2.45) is 5.92 Å². The van der Waals surface area contributed by atoms with E-state index in [0.29, 0.717) is 17.7 Å². The summed E-state index contributed by atoms with van der Waals surface area (Å²) in [5.74, 6) is -1.81. The molecule has 4 unspecified atom stereocenters. The predicted octanol–water partition coefficient (Wildman–Crippen LogP) is 2.63. The maximum absolute atomic E-state index is 13.5. The summed E-state index contributed by atoms with van der Waals surface area (Å²) in [7, 11) is 0. The van der Waals surface area contributed by atoms with Crippen LogP contribution in [0.2, 0.25) is 0 Å². The molecule has 0 bridgehead atoms. The van der Waals surface area contributed by atoms with Crippen molar-refractivity contribution in [3.8, 4) is 0 Å². The lowest BCUT2D eigenvalue weighted by Gasteiger charge is -2.29. The van der Waals surface area contributed by atoms with Gasteiger partial charge in [0.25, 0.3) is 0 Å². The van der Waals surface area contributed by atoms with E-state index >= 15 is 0 Å². The van der Waals surface area contributed by atoms with E-state index in [1.165, 1.54) is 0 Å². The minimum Gasteiger partial charge on any atom is -0.462 e. The number of rotatable bonds is 5. The van der Waals surface area contributed by atoms with Crippen molar-refractivity contribution in [2.75, 3.05) is 17.2 Å². The number of hydrogen-bond donors (Lipinski definition) is 4. The van der Waals surface area contributed by atoms with Crippen LogP contribution in [-0.4, -0.2) is 41.6 Å². The molecular formula is C25H29N3O5. The lowest BCUT2D eigenvalue weighted by molar-refractivity contribution is -0.130. The minimum absolute atomic E-state index is 0.279. The van der Waals surface area contributed by atoms with Crippen LogP contribution in [0.15, 0.2) is 36.4 Å². The largest absolute Gasteiger partial charge is 0.462 e. The highest BCUT2D eigenvalue weighted by Gasteiger charge is 2.61. The number of nitrogens with one attached hydrogen (secondary N) is 3. The normalized spacial score (nSPS) is 24.3. The van der Waals surface area contributed by atoms with Gasteiger partial charge < -0.3 is 20.5 Å². The van der Waals surface area contributed by atoms with Crippen LogP contribution < -0.4 is 16.0 Å². The van der Waals surface area contributed by atoms with Gasteiger partial charge in [0.1, 0.15) is 5.54 Å². The second-order valence-electron chi connectivity index (χ2n) is 8.76. The van der Waals surface area contributed by atoms with Crippen LogP contribution in [0.25, 0.3) is 0 Å². The van der Waals surface area contributed by atoms with Gasteiger partial charge in [-0.25, -0.2) is 4.79 Å².